The molecular weight excluding hydrogens is 485 g/mol. The summed E-state index contributed by atoms with van der Waals surface area (Å²) >= 11 is 0. The highest BCUT2D eigenvalue weighted by Gasteiger charge is 2.19. The number of hydrogen-bond acceptors (Lipinski definition) is 7. The number of Topliss-reactive ketones (excluding diaryl/α,β-unsaturated/α-hetero) is 1. The molecule has 38 heavy (non-hydrogen) atoms. The fourth-order valence-corrected chi connectivity index (χ4v) is 4.66. The molecule has 0 aliphatic carbocycles. The predicted octanol–water partition coefficient (Wildman–Crippen LogP) is 3.55. The maximum absolute atomic E-state index is 13.6. The minimum atomic E-state index is -0.297. The molecule has 6 rings (SSSR count). The number of carbonyl (C=O) groups excluding carboxylic acids is 1. The van der Waals surface area contributed by atoms with Crippen LogP contribution in [0.2, 0.25) is 0 Å². The molecule has 10 heteroatoms. The van der Waals surface area contributed by atoms with Crippen LogP contribution in [0.15, 0.2) is 73.4 Å². The van der Waals surface area contributed by atoms with Crippen LogP contribution < -0.4 is 0 Å². The van der Waals surface area contributed by atoms with Crippen molar-refractivity contribution in [3.05, 3.63) is 90.5 Å². The maximum atomic E-state index is 13.6. The van der Waals surface area contributed by atoms with Gasteiger partial charge in [0.05, 0.1) is 49.2 Å². The van der Waals surface area contributed by atoms with Crippen LogP contribution in [-0.4, -0.2) is 72.7 Å². The Balaban J connectivity index is 1.33. The Morgan fingerprint density at radius 2 is 1.76 bits per heavy atom. The summed E-state index contributed by atoms with van der Waals surface area (Å²) in [4.78, 5) is 28.3. The van der Waals surface area contributed by atoms with E-state index in [1.807, 2.05) is 18.5 Å². The number of benzene rings is 1. The van der Waals surface area contributed by atoms with Crippen LogP contribution in [-0.2, 0) is 17.7 Å². The Labute approximate surface area is 218 Å². The molecule has 1 fully saturated rings. The van der Waals surface area contributed by atoms with Gasteiger partial charge in [0.2, 0.25) is 0 Å². The van der Waals surface area contributed by atoms with Gasteiger partial charge in [-0.15, -0.1) is 0 Å². The molecule has 1 saturated heterocycles. The van der Waals surface area contributed by atoms with Gasteiger partial charge in [-0.05, 0) is 48.5 Å². The molecule has 0 unspecified atom stereocenters. The monoisotopic (exact) mass is 511 g/mol. The predicted molar refractivity (Wildman–Crippen MR) is 139 cm³/mol. The van der Waals surface area contributed by atoms with E-state index in [0.29, 0.717) is 22.6 Å². The van der Waals surface area contributed by atoms with Gasteiger partial charge in [0.1, 0.15) is 11.5 Å². The lowest BCUT2D eigenvalue weighted by molar-refractivity contribution is 0.0364. The summed E-state index contributed by atoms with van der Waals surface area (Å²) in [5.41, 5.74) is 4.97. The van der Waals surface area contributed by atoms with Crippen LogP contribution in [0.1, 0.15) is 16.1 Å². The number of hydrogen-bond donors (Lipinski definition) is 0. The summed E-state index contributed by atoms with van der Waals surface area (Å²) in [5, 5.41) is 4.84. The Morgan fingerprint density at radius 3 is 2.55 bits per heavy atom. The summed E-state index contributed by atoms with van der Waals surface area (Å²) in [6.07, 6.45) is 6.97. The molecular formula is C28H26FN7O2. The Bertz CT molecular complexity index is 1560. The van der Waals surface area contributed by atoms with Crippen molar-refractivity contribution < 1.29 is 13.9 Å². The Morgan fingerprint density at radius 1 is 0.974 bits per heavy atom. The fraction of sp³-hybridized carbons (Fsp3) is 0.250. The number of halogens is 1. The zero-order chi connectivity index (χ0) is 25.9. The number of pyridine rings is 1. The smallest absolute Gasteiger partial charge is 0.168 e. The lowest BCUT2D eigenvalue weighted by Gasteiger charge is -2.26. The fourth-order valence-electron chi connectivity index (χ4n) is 4.66. The first kappa shape index (κ1) is 24.1. The van der Waals surface area contributed by atoms with E-state index in [9.17, 15) is 9.18 Å². The molecule has 0 bridgehead atoms. The van der Waals surface area contributed by atoms with E-state index in [2.05, 4.69) is 19.4 Å². The van der Waals surface area contributed by atoms with Crippen molar-refractivity contribution in [1.29, 1.82) is 0 Å². The minimum Gasteiger partial charge on any atom is -0.379 e. The van der Waals surface area contributed by atoms with Crippen molar-refractivity contribution in [2.75, 3.05) is 32.8 Å². The van der Waals surface area contributed by atoms with Gasteiger partial charge in [0.25, 0.3) is 0 Å². The number of morpholine rings is 1. The van der Waals surface area contributed by atoms with E-state index in [0.717, 1.165) is 56.3 Å². The van der Waals surface area contributed by atoms with Gasteiger partial charge in [0.15, 0.2) is 11.4 Å². The first-order valence-corrected chi connectivity index (χ1v) is 12.5. The highest BCUT2D eigenvalue weighted by Crippen LogP contribution is 2.30. The lowest BCUT2D eigenvalue weighted by atomic mass is 10.1. The highest BCUT2D eigenvalue weighted by molar-refractivity contribution is 5.97. The number of nitrogens with zero attached hydrogens (tertiary/aromatic N) is 7. The standard InChI is InChI=1S/C28H26FN7O2/c29-22-3-1-21(2-4-22)27-28(35(19-31-27)12-11-34-13-15-38-16-14-34)24-5-6-26-32-23(18-36(26)33-24)17-25(37)20-7-9-30-10-8-20/h1-10,18-19H,11-17H2. The van der Waals surface area contributed by atoms with Crippen LogP contribution in [0.25, 0.3) is 28.3 Å². The third-order valence-corrected chi connectivity index (χ3v) is 6.67. The zero-order valence-corrected chi connectivity index (χ0v) is 20.7. The number of fused-ring (bicyclic) bond motifs is 1. The first-order chi connectivity index (χ1) is 18.6. The van der Waals surface area contributed by atoms with Gasteiger partial charge in [-0.2, -0.15) is 5.10 Å². The second-order valence-electron chi connectivity index (χ2n) is 9.19. The van der Waals surface area contributed by atoms with Crippen molar-refractivity contribution in [3.63, 3.8) is 0 Å². The van der Waals surface area contributed by atoms with Crippen LogP contribution in [0.3, 0.4) is 0 Å². The Kier molecular flexibility index (Phi) is 6.72. The summed E-state index contributed by atoms with van der Waals surface area (Å²) < 4.78 is 22.9. The van der Waals surface area contributed by atoms with Crippen molar-refractivity contribution in [3.8, 4) is 22.6 Å². The van der Waals surface area contributed by atoms with Crippen molar-refractivity contribution in [2.24, 2.45) is 0 Å². The molecule has 192 valence electrons. The third kappa shape index (κ3) is 5.09. The molecule has 0 amide bonds. The summed E-state index contributed by atoms with van der Waals surface area (Å²) in [7, 11) is 0. The summed E-state index contributed by atoms with van der Waals surface area (Å²) in [6.45, 7) is 4.85. The largest absolute Gasteiger partial charge is 0.379 e. The second kappa shape index (κ2) is 10.6. The average molecular weight is 512 g/mol. The number of ketones is 1. The van der Waals surface area contributed by atoms with Crippen molar-refractivity contribution in [1.82, 2.24) is 34.0 Å². The average Bonchev–Trinajstić information content (AvgIpc) is 3.56. The summed E-state index contributed by atoms with van der Waals surface area (Å²) in [5.74, 6) is -0.329. The SMILES string of the molecule is O=C(Cc1cn2nc(-c3c(-c4ccc(F)cc4)ncn3CCN3CCOCC3)ccc2n1)c1ccncc1. The number of carbonyl (C=O) groups is 1. The van der Waals surface area contributed by atoms with Gasteiger partial charge >= 0.3 is 0 Å². The number of ether oxygens (including phenoxy) is 1. The number of rotatable bonds is 8. The van der Waals surface area contributed by atoms with Crippen LogP contribution in [0, 0.1) is 5.82 Å². The molecule has 0 spiro atoms. The molecule has 5 heterocycles. The van der Waals surface area contributed by atoms with Gasteiger partial charge in [-0.1, -0.05) is 0 Å². The van der Waals surface area contributed by atoms with Crippen LogP contribution in [0.5, 0.6) is 0 Å². The molecule has 1 aliphatic rings. The van der Waals surface area contributed by atoms with E-state index in [1.54, 1.807) is 47.4 Å². The van der Waals surface area contributed by atoms with Crippen LogP contribution >= 0.6 is 0 Å². The molecule has 0 N–H and O–H groups in total. The molecule has 0 radical (unpaired) electrons. The van der Waals surface area contributed by atoms with Crippen molar-refractivity contribution >= 4 is 11.4 Å². The molecule has 1 aromatic carbocycles. The highest BCUT2D eigenvalue weighted by atomic mass is 19.1. The topological polar surface area (TPSA) is 90.4 Å². The molecule has 0 atom stereocenters. The second-order valence-corrected chi connectivity index (χ2v) is 9.19. The molecule has 0 saturated carbocycles. The number of imidazole rings is 2. The van der Waals surface area contributed by atoms with Gasteiger partial charge < -0.3 is 9.30 Å². The number of aromatic nitrogens is 6. The van der Waals surface area contributed by atoms with Crippen molar-refractivity contribution in [2.45, 2.75) is 13.0 Å². The van der Waals surface area contributed by atoms with Gasteiger partial charge in [-0.25, -0.2) is 18.9 Å². The zero-order valence-electron chi connectivity index (χ0n) is 20.7. The quantitative estimate of drug-likeness (QED) is 0.294. The van der Waals surface area contributed by atoms with Gasteiger partial charge in [-0.3, -0.25) is 14.7 Å². The normalized spacial score (nSPS) is 14.2. The van der Waals surface area contributed by atoms with Crippen LogP contribution in [0.4, 0.5) is 4.39 Å². The molecule has 1 aliphatic heterocycles. The van der Waals surface area contributed by atoms with Gasteiger partial charge in [0, 0.05) is 49.7 Å². The third-order valence-electron chi connectivity index (χ3n) is 6.67. The lowest BCUT2D eigenvalue weighted by Crippen LogP contribution is -2.38. The van der Waals surface area contributed by atoms with E-state index < -0.39 is 0 Å². The van der Waals surface area contributed by atoms with E-state index in [1.165, 1.54) is 12.1 Å². The van der Waals surface area contributed by atoms with E-state index >= 15 is 0 Å². The summed E-state index contributed by atoms with van der Waals surface area (Å²) in [6, 6.07) is 13.5. The molecule has 9 nitrogen and oxygen atoms in total. The Hall–Kier alpha value is -4.28. The van der Waals surface area contributed by atoms with E-state index in [4.69, 9.17) is 14.8 Å². The first-order valence-electron chi connectivity index (χ1n) is 12.5. The minimum absolute atomic E-state index is 0.0317. The molecule has 4 aromatic heterocycles. The molecule has 5 aromatic rings. The van der Waals surface area contributed by atoms with E-state index in [-0.39, 0.29) is 18.0 Å². The maximum Gasteiger partial charge on any atom is 0.168 e.